The van der Waals surface area contributed by atoms with E-state index in [2.05, 4.69) is 36.1 Å². The number of carbonyl (C=O) groups excluding carboxylic acids is 1. The monoisotopic (exact) mass is 361 g/mol. The van der Waals surface area contributed by atoms with E-state index in [1.54, 1.807) is 18.4 Å². The lowest BCUT2D eigenvalue weighted by Gasteiger charge is -2.36. The standard InChI is InChI=1S/C19H31N5O2/c1-4-20-19(21-14-16(22(2)3)15-7-8-15)24-11-9-23(10-12-24)18(25)17-6-5-13-26-17/h5-6,13,15-16H,4,7-12,14H2,1-3H3,(H,20,21). The van der Waals surface area contributed by atoms with Gasteiger partial charge >= 0.3 is 0 Å². The van der Waals surface area contributed by atoms with Crippen molar-refractivity contribution < 1.29 is 9.21 Å². The highest BCUT2D eigenvalue weighted by molar-refractivity contribution is 5.91. The Hall–Kier alpha value is -2.02. The van der Waals surface area contributed by atoms with Gasteiger partial charge < -0.3 is 24.4 Å². The van der Waals surface area contributed by atoms with Crippen LogP contribution in [0.3, 0.4) is 0 Å². The molecule has 0 spiro atoms. The summed E-state index contributed by atoms with van der Waals surface area (Å²) in [5, 5.41) is 3.41. The fourth-order valence-electron chi connectivity index (χ4n) is 3.50. The second-order valence-electron chi connectivity index (χ2n) is 7.32. The van der Waals surface area contributed by atoms with E-state index < -0.39 is 0 Å². The van der Waals surface area contributed by atoms with Crippen LogP contribution >= 0.6 is 0 Å². The predicted molar refractivity (Wildman–Crippen MR) is 102 cm³/mol. The van der Waals surface area contributed by atoms with Gasteiger partial charge in [-0.25, -0.2) is 0 Å². The lowest BCUT2D eigenvalue weighted by molar-refractivity contribution is 0.0657. The van der Waals surface area contributed by atoms with Gasteiger partial charge in [-0.05, 0) is 51.9 Å². The van der Waals surface area contributed by atoms with Crippen LogP contribution in [0.2, 0.25) is 0 Å². The molecule has 1 amide bonds. The van der Waals surface area contributed by atoms with Gasteiger partial charge in [-0.3, -0.25) is 9.79 Å². The first-order valence-electron chi connectivity index (χ1n) is 9.62. The molecule has 2 fully saturated rings. The van der Waals surface area contributed by atoms with Crippen molar-refractivity contribution in [2.24, 2.45) is 10.9 Å². The first-order valence-corrected chi connectivity index (χ1v) is 9.62. The van der Waals surface area contributed by atoms with Crippen molar-refractivity contribution in [1.82, 2.24) is 20.0 Å². The van der Waals surface area contributed by atoms with Gasteiger partial charge in [0.2, 0.25) is 0 Å². The molecule has 2 heterocycles. The highest BCUT2D eigenvalue weighted by Crippen LogP contribution is 2.34. The smallest absolute Gasteiger partial charge is 0.289 e. The number of guanidine groups is 1. The minimum Gasteiger partial charge on any atom is -0.459 e. The van der Waals surface area contributed by atoms with Crippen LogP contribution in [0.1, 0.15) is 30.3 Å². The van der Waals surface area contributed by atoms with Gasteiger partial charge in [0.05, 0.1) is 12.8 Å². The maximum atomic E-state index is 12.4. The second kappa shape index (κ2) is 8.58. The fraction of sp³-hybridized carbons (Fsp3) is 0.684. The molecule has 144 valence electrons. The van der Waals surface area contributed by atoms with Crippen molar-refractivity contribution in [3.05, 3.63) is 24.2 Å². The highest BCUT2D eigenvalue weighted by atomic mass is 16.3. The Balaban J connectivity index is 1.57. The van der Waals surface area contributed by atoms with Gasteiger partial charge in [0.15, 0.2) is 11.7 Å². The molecule has 7 nitrogen and oxygen atoms in total. The van der Waals surface area contributed by atoms with Crippen LogP contribution in [-0.2, 0) is 0 Å². The number of likely N-dealkylation sites (N-methyl/N-ethyl adjacent to an activating group) is 1. The molecule has 3 rings (SSSR count). The van der Waals surface area contributed by atoms with Crippen molar-refractivity contribution in [3.8, 4) is 0 Å². The van der Waals surface area contributed by atoms with E-state index >= 15 is 0 Å². The van der Waals surface area contributed by atoms with Crippen molar-refractivity contribution in [3.63, 3.8) is 0 Å². The van der Waals surface area contributed by atoms with E-state index in [0.717, 1.165) is 38.1 Å². The Bertz CT molecular complexity index is 599. The average molecular weight is 361 g/mol. The lowest BCUT2D eigenvalue weighted by atomic mass is 10.2. The summed E-state index contributed by atoms with van der Waals surface area (Å²) in [6, 6.07) is 3.99. The molecule has 1 saturated heterocycles. The van der Waals surface area contributed by atoms with Gasteiger partial charge in [-0.15, -0.1) is 0 Å². The summed E-state index contributed by atoms with van der Waals surface area (Å²) >= 11 is 0. The van der Waals surface area contributed by atoms with Crippen molar-refractivity contribution in [1.29, 1.82) is 0 Å². The fourth-order valence-corrected chi connectivity index (χ4v) is 3.50. The molecule has 1 unspecified atom stereocenters. The Labute approximate surface area is 156 Å². The summed E-state index contributed by atoms with van der Waals surface area (Å²) in [6.07, 6.45) is 4.19. The zero-order valence-corrected chi connectivity index (χ0v) is 16.1. The lowest BCUT2D eigenvalue weighted by Crippen LogP contribution is -2.54. The highest BCUT2D eigenvalue weighted by Gasteiger charge is 2.32. The third-order valence-corrected chi connectivity index (χ3v) is 5.19. The van der Waals surface area contributed by atoms with Crippen molar-refractivity contribution >= 4 is 11.9 Å². The second-order valence-corrected chi connectivity index (χ2v) is 7.32. The quantitative estimate of drug-likeness (QED) is 0.612. The summed E-state index contributed by atoms with van der Waals surface area (Å²) in [5.74, 6) is 2.14. The Morgan fingerprint density at radius 3 is 2.54 bits per heavy atom. The third kappa shape index (κ3) is 4.58. The van der Waals surface area contributed by atoms with Crippen LogP contribution in [0.15, 0.2) is 27.8 Å². The van der Waals surface area contributed by atoms with Gasteiger partial charge in [-0.1, -0.05) is 0 Å². The minimum absolute atomic E-state index is 0.0296. The Morgan fingerprint density at radius 1 is 1.31 bits per heavy atom. The molecular formula is C19H31N5O2. The van der Waals surface area contributed by atoms with Crippen LogP contribution in [0.5, 0.6) is 0 Å². The molecule has 26 heavy (non-hydrogen) atoms. The van der Waals surface area contributed by atoms with Gasteiger partial charge in [0.25, 0.3) is 5.91 Å². The van der Waals surface area contributed by atoms with Gasteiger partial charge in [0.1, 0.15) is 0 Å². The average Bonchev–Trinajstić information content (AvgIpc) is 3.32. The molecule has 1 aliphatic carbocycles. The molecule has 1 aromatic rings. The number of hydrogen-bond donors (Lipinski definition) is 1. The summed E-state index contributed by atoms with van der Waals surface area (Å²) in [4.78, 5) is 23.7. The first-order chi connectivity index (χ1) is 12.6. The van der Waals surface area contributed by atoms with Crippen LogP contribution < -0.4 is 5.32 Å². The Morgan fingerprint density at radius 2 is 2.00 bits per heavy atom. The molecule has 0 radical (unpaired) electrons. The number of furan rings is 1. The maximum Gasteiger partial charge on any atom is 0.289 e. The van der Waals surface area contributed by atoms with Gasteiger partial charge in [-0.2, -0.15) is 0 Å². The third-order valence-electron chi connectivity index (χ3n) is 5.19. The molecular weight excluding hydrogens is 330 g/mol. The number of nitrogens with one attached hydrogen (secondary N) is 1. The van der Waals surface area contributed by atoms with Crippen molar-refractivity contribution in [2.45, 2.75) is 25.8 Å². The summed E-state index contributed by atoms with van der Waals surface area (Å²) < 4.78 is 5.23. The van der Waals surface area contributed by atoms with E-state index in [-0.39, 0.29) is 5.91 Å². The van der Waals surface area contributed by atoms with E-state index in [1.165, 1.54) is 12.8 Å². The maximum absolute atomic E-state index is 12.4. The molecule has 1 aromatic heterocycles. The number of amides is 1. The zero-order chi connectivity index (χ0) is 18.5. The van der Waals surface area contributed by atoms with Gasteiger partial charge in [0, 0.05) is 38.8 Å². The number of aliphatic imine (C=N–C) groups is 1. The van der Waals surface area contributed by atoms with Crippen molar-refractivity contribution in [2.75, 3.05) is 53.4 Å². The van der Waals surface area contributed by atoms with E-state index in [4.69, 9.17) is 9.41 Å². The topological polar surface area (TPSA) is 64.3 Å². The van der Waals surface area contributed by atoms with Crippen LogP contribution in [0.4, 0.5) is 0 Å². The molecule has 0 aromatic carbocycles. The molecule has 2 aliphatic rings. The largest absolute Gasteiger partial charge is 0.459 e. The molecule has 1 saturated carbocycles. The first kappa shape index (κ1) is 18.8. The SMILES string of the molecule is CCNC(=NCC(C1CC1)N(C)C)N1CCN(C(=O)c2ccco2)CC1. The minimum atomic E-state index is -0.0296. The van der Waals surface area contributed by atoms with E-state index in [0.29, 0.717) is 24.9 Å². The van der Waals surface area contributed by atoms with Crippen LogP contribution in [0, 0.1) is 5.92 Å². The zero-order valence-electron chi connectivity index (χ0n) is 16.1. The molecule has 7 heteroatoms. The number of rotatable bonds is 6. The molecule has 1 atom stereocenters. The summed E-state index contributed by atoms with van der Waals surface area (Å²) in [6.45, 7) is 6.71. The Kier molecular flexibility index (Phi) is 6.19. The molecule has 1 N–H and O–H groups in total. The van der Waals surface area contributed by atoms with Crippen LogP contribution in [-0.4, -0.2) is 86.0 Å². The normalized spacial score (nSPS) is 19.8. The van der Waals surface area contributed by atoms with Crippen LogP contribution in [0.25, 0.3) is 0 Å². The molecule has 0 bridgehead atoms. The number of carbonyl (C=O) groups is 1. The molecule has 1 aliphatic heterocycles. The number of nitrogens with zero attached hydrogens (tertiary/aromatic N) is 4. The summed E-state index contributed by atoms with van der Waals surface area (Å²) in [5.41, 5.74) is 0. The number of hydrogen-bond acceptors (Lipinski definition) is 4. The number of piperazine rings is 1. The van der Waals surface area contributed by atoms with E-state index in [1.807, 2.05) is 4.90 Å². The predicted octanol–water partition coefficient (Wildman–Crippen LogP) is 1.34. The summed E-state index contributed by atoms with van der Waals surface area (Å²) in [7, 11) is 4.29. The van der Waals surface area contributed by atoms with E-state index in [9.17, 15) is 4.79 Å².